The lowest BCUT2D eigenvalue weighted by Crippen LogP contribution is -2.03. The topological polar surface area (TPSA) is 95.7 Å². The minimum absolute atomic E-state index is 0.380. The molecule has 0 bridgehead atoms. The summed E-state index contributed by atoms with van der Waals surface area (Å²) in [6.07, 6.45) is 2.57. The Labute approximate surface area is 99.0 Å². The van der Waals surface area contributed by atoms with Crippen LogP contribution in [0, 0.1) is 5.92 Å². The molecule has 0 saturated heterocycles. The van der Waals surface area contributed by atoms with Gasteiger partial charge in [0.1, 0.15) is 6.54 Å². The van der Waals surface area contributed by atoms with Crippen molar-refractivity contribution in [2.75, 3.05) is 0 Å². The summed E-state index contributed by atoms with van der Waals surface area (Å²) >= 11 is 0. The van der Waals surface area contributed by atoms with Gasteiger partial charge >= 0.3 is 0 Å². The second-order valence-corrected chi connectivity index (χ2v) is 4.31. The van der Waals surface area contributed by atoms with Gasteiger partial charge in [-0.15, -0.1) is 5.10 Å². The quantitative estimate of drug-likeness (QED) is 0.805. The first-order valence-corrected chi connectivity index (χ1v) is 5.58. The maximum absolute atomic E-state index is 5.45. The number of rotatable bonds is 5. The van der Waals surface area contributed by atoms with Crippen molar-refractivity contribution in [1.29, 1.82) is 0 Å². The summed E-state index contributed by atoms with van der Waals surface area (Å²) in [5.41, 5.74) is 6.20. The number of hydrogen-bond donors (Lipinski definition) is 1. The van der Waals surface area contributed by atoms with E-state index in [2.05, 4.69) is 34.3 Å². The van der Waals surface area contributed by atoms with Gasteiger partial charge < -0.3 is 10.3 Å². The van der Waals surface area contributed by atoms with E-state index in [0.717, 1.165) is 12.1 Å². The minimum Gasteiger partial charge on any atom is -0.339 e. The first-order valence-electron chi connectivity index (χ1n) is 5.58. The van der Waals surface area contributed by atoms with Crippen LogP contribution in [0.15, 0.2) is 10.7 Å². The van der Waals surface area contributed by atoms with Crippen molar-refractivity contribution in [2.45, 2.75) is 33.4 Å². The van der Waals surface area contributed by atoms with Crippen LogP contribution in [0.25, 0.3) is 0 Å². The molecule has 0 aromatic carbocycles. The summed E-state index contributed by atoms with van der Waals surface area (Å²) in [5, 5.41) is 11.7. The molecular formula is C10H16N6O. The van der Waals surface area contributed by atoms with Gasteiger partial charge in [-0.1, -0.05) is 24.2 Å². The van der Waals surface area contributed by atoms with Crippen LogP contribution in [-0.2, 0) is 19.5 Å². The minimum atomic E-state index is 0.380. The molecule has 7 nitrogen and oxygen atoms in total. The standard InChI is InChI=1S/C10H16N6O/c1-7(2)3-10-12-9(14-17-10)6-16-5-8(4-11)13-15-16/h5,7H,3-4,6,11H2,1-2H3. The molecule has 0 amide bonds. The highest BCUT2D eigenvalue weighted by atomic mass is 16.5. The van der Waals surface area contributed by atoms with Gasteiger partial charge in [0.2, 0.25) is 5.89 Å². The van der Waals surface area contributed by atoms with Crippen molar-refractivity contribution in [1.82, 2.24) is 25.1 Å². The van der Waals surface area contributed by atoms with Crippen molar-refractivity contribution in [3.8, 4) is 0 Å². The summed E-state index contributed by atoms with van der Waals surface area (Å²) < 4.78 is 6.78. The lowest BCUT2D eigenvalue weighted by molar-refractivity contribution is 0.357. The lowest BCUT2D eigenvalue weighted by Gasteiger charge is -1.96. The highest BCUT2D eigenvalue weighted by Gasteiger charge is 2.09. The molecule has 2 rings (SSSR count). The number of nitrogens with two attached hydrogens (primary N) is 1. The van der Waals surface area contributed by atoms with Gasteiger partial charge in [0.15, 0.2) is 5.82 Å². The molecule has 0 aliphatic heterocycles. The fourth-order valence-electron chi connectivity index (χ4n) is 1.44. The third-order valence-corrected chi connectivity index (χ3v) is 2.19. The summed E-state index contributed by atoms with van der Waals surface area (Å²) in [7, 11) is 0. The van der Waals surface area contributed by atoms with Crippen molar-refractivity contribution in [2.24, 2.45) is 11.7 Å². The Bertz CT molecular complexity index is 475. The van der Waals surface area contributed by atoms with Crippen molar-refractivity contribution >= 4 is 0 Å². The predicted octanol–water partition coefficient (Wildman–Crippen LogP) is 0.367. The lowest BCUT2D eigenvalue weighted by atomic mass is 10.1. The van der Waals surface area contributed by atoms with Gasteiger partial charge in [0.25, 0.3) is 0 Å². The Morgan fingerprint density at radius 3 is 2.94 bits per heavy atom. The number of hydrogen-bond acceptors (Lipinski definition) is 6. The number of aromatic nitrogens is 5. The monoisotopic (exact) mass is 236 g/mol. The highest BCUT2D eigenvalue weighted by Crippen LogP contribution is 2.06. The van der Waals surface area contributed by atoms with Gasteiger partial charge in [-0.25, -0.2) is 4.68 Å². The molecule has 2 aromatic heterocycles. The van der Waals surface area contributed by atoms with Crippen molar-refractivity contribution in [3.05, 3.63) is 23.6 Å². The van der Waals surface area contributed by atoms with E-state index in [0.29, 0.717) is 30.7 Å². The average Bonchev–Trinajstić information content (AvgIpc) is 2.88. The molecule has 2 heterocycles. The Morgan fingerprint density at radius 1 is 1.47 bits per heavy atom. The third-order valence-electron chi connectivity index (χ3n) is 2.19. The van der Waals surface area contributed by atoms with Crippen LogP contribution >= 0.6 is 0 Å². The van der Waals surface area contributed by atoms with Crippen molar-refractivity contribution in [3.63, 3.8) is 0 Å². The van der Waals surface area contributed by atoms with Crippen LogP contribution in [0.4, 0.5) is 0 Å². The van der Waals surface area contributed by atoms with E-state index < -0.39 is 0 Å². The predicted molar refractivity (Wildman–Crippen MR) is 59.9 cm³/mol. The zero-order chi connectivity index (χ0) is 12.3. The molecule has 0 radical (unpaired) electrons. The van der Waals surface area contributed by atoms with Crippen LogP contribution < -0.4 is 5.73 Å². The summed E-state index contributed by atoms with van der Waals surface area (Å²) in [5.74, 6) is 1.77. The van der Waals surface area contributed by atoms with E-state index in [1.54, 1.807) is 10.9 Å². The summed E-state index contributed by atoms with van der Waals surface area (Å²) in [6.45, 7) is 5.04. The molecule has 2 aromatic rings. The first kappa shape index (κ1) is 11.7. The fourth-order valence-corrected chi connectivity index (χ4v) is 1.44. The Balaban J connectivity index is 2.01. The van der Waals surface area contributed by atoms with Crippen LogP contribution in [0.5, 0.6) is 0 Å². The smallest absolute Gasteiger partial charge is 0.226 e. The van der Waals surface area contributed by atoms with Gasteiger partial charge in [0, 0.05) is 13.0 Å². The van der Waals surface area contributed by atoms with E-state index in [-0.39, 0.29) is 0 Å². The first-order chi connectivity index (χ1) is 8.17. The van der Waals surface area contributed by atoms with E-state index in [1.165, 1.54) is 0 Å². The normalized spacial score (nSPS) is 11.3. The van der Waals surface area contributed by atoms with Crippen LogP contribution in [0.2, 0.25) is 0 Å². The van der Waals surface area contributed by atoms with E-state index in [9.17, 15) is 0 Å². The second-order valence-electron chi connectivity index (χ2n) is 4.31. The molecule has 0 atom stereocenters. The van der Waals surface area contributed by atoms with Crippen molar-refractivity contribution < 1.29 is 4.52 Å². The Kier molecular flexibility index (Phi) is 3.48. The molecular weight excluding hydrogens is 220 g/mol. The van der Waals surface area contributed by atoms with Crippen LogP contribution in [-0.4, -0.2) is 25.1 Å². The third kappa shape index (κ3) is 3.10. The maximum atomic E-state index is 5.45. The Hall–Kier alpha value is -1.76. The zero-order valence-corrected chi connectivity index (χ0v) is 10.00. The van der Waals surface area contributed by atoms with E-state index in [1.807, 2.05) is 0 Å². The summed E-state index contributed by atoms with van der Waals surface area (Å²) in [4.78, 5) is 4.28. The van der Waals surface area contributed by atoms with Crippen LogP contribution in [0.3, 0.4) is 0 Å². The highest BCUT2D eigenvalue weighted by molar-refractivity contribution is 4.93. The van der Waals surface area contributed by atoms with E-state index >= 15 is 0 Å². The fraction of sp³-hybridized carbons (Fsp3) is 0.600. The molecule has 92 valence electrons. The molecule has 2 N–H and O–H groups in total. The Morgan fingerprint density at radius 2 is 2.29 bits per heavy atom. The van der Waals surface area contributed by atoms with Gasteiger partial charge in [-0.2, -0.15) is 4.98 Å². The zero-order valence-electron chi connectivity index (χ0n) is 10.00. The molecule has 0 aliphatic carbocycles. The van der Waals surface area contributed by atoms with Crippen LogP contribution in [0.1, 0.15) is 31.3 Å². The van der Waals surface area contributed by atoms with Gasteiger partial charge in [-0.05, 0) is 5.92 Å². The molecule has 0 aliphatic rings. The van der Waals surface area contributed by atoms with E-state index in [4.69, 9.17) is 10.3 Å². The van der Waals surface area contributed by atoms with Gasteiger partial charge in [0.05, 0.1) is 11.9 Å². The SMILES string of the molecule is CC(C)Cc1nc(Cn2cc(CN)nn2)no1. The maximum Gasteiger partial charge on any atom is 0.226 e. The molecule has 0 spiro atoms. The molecule has 17 heavy (non-hydrogen) atoms. The molecule has 0 unspecified atom stereocenters. The number of nitrogens with zero attached hydrogens (tertiary/aromatic N) is 5. The second kappa shape index (κ2) is 5.05. The average molecular weight is 236 g/mol. The molecule has 0 saturated carbocycles. The largest absolute Gasteiger partial charge is 0.339 e. The summed E-state index contributed by atoms with van der Waals surface area (Å²) in [6, 6.07) is 0. The van der Waals surface area contributed by atoms with Gasteiger partial charge in [-0.3, -0.25) is 0 Å². The molecule has 7 heteroatoms. The molecule has 0 fully saturated rings.